The average molecular weight is 257 g/mol. The lowest BCUT2D eigenvalue weighted by Crippen LogP contribution is -2.32. The molecule has 0 saturated heterocycles. The van der Waals surface area contributed by atoms with Crippen LogP contribution in [0.2, 0.25) is 0 Å². The van der Waals surface area contributed by atoms with E-state index in [9.17, 15) is 22.8 Å². The summed E-state index contributed by atoms with van der Waals surface area (Å²) >= 11 is 0. The Balaban J connectivity index is 2.77. The molecule has 0 atom stereocenters. The molecule has 0 fully saturated rings. The molecule has 18 heavy (non-hydrogen) atoms. The summed E-state index contributed by atoms with van der Waals surface area (Å²) < 4.78 is 39.4. The Morgan fingerprint density at radius 3 is 2.56 bits per heavy atom. The first-order valence-corrected chi connectivity index (χ1v) is 4.76. The minimum Gasteiger partial charge on any atom is -0.477 e. The van der Waals surface area contributed by atoms with Crippen LogP contribution >= 0.6 is 0 Å². The Bertz CT molecular complexity index is 693. The van der Waals surface area contributed by atoms with Gasteiger partial charge in [0, 0.05) is 10.9 Å². The number of rotatable bonds is 2. The van der Waals surface area contributed by atoms with Crippen molar-refractivity contribution in [1.82, 2.24) is 4.98 Å². The molecule has 1 aromatic heterocycles. The predicted octanol–water partition coefficient (Wildman–Crippen LogP) is 1.84. The number of nitrogens with one attached hydrogen (secondary N) is 1. The number of pyridine rings is 1. The number of benzene rings is 1. The quantitative estimate of drug-likeness (QED) is 0.862. The lowest BCUT2D eigenvalue weighted by Gasteiger charge is -2.11. The number of carbonyl (C=O) groups is 1. The van der Waals surface area contributed by atoms with E-state index in [0.717, 1.165) is 12.1 Å². The third kappa shape index (κ3) is 1.83. The van der Waals surface area contributed by atoms with Crippen LogP contribution in [0.3, 0.4) is 0 Å². The number of halogens is 3. The molecule has 94 valence electrons. The minimum absolute atomic E-state index is 0.00877. The summed E-state index contributed by atoms with van der Waals surface area (Å²) in [7, 11) is 0. The molecule has 0 saturated carbocycles. The molecule has 7 heteroatoms. The van der Waals surface area contributed by atoms with E-state index in [2.05, 4.69) is 4.98 Å². The summed E-state index contributed by atoms with van der Waals surface area (Å²) in [4.78, 5) is 23.9. The van der Waals surface area contributed by atoms with Gasteiger partial charge in [0.25, 0.3) is 5.56 Å². The molecule has 1 heterocycles. The van der Waals surface area contributed by atoms with Crippen LogP contribution < -0.4 is 5.56 Å². The number of H-pyrrole nitrogens is 1. The summed E-state index contributed by atoms with van der Waals surface area (Å²) in [6, 6.07) is 3.85. The maximum absolute atomic E-state index is 13.3. The van der Waals surface area contributed by atoms with E-state index < -0.39 is 28.8 Å². The molecule has 0 spiro atoms. The van der Waals surface area contributed by atoms with Gasteiger partial charge >= 0.3 is 11.9 Å². The van der Waals surface area contributed by atoms with E-state index in [1.54, 1.807) is 0 Å². The molecule has 2 rings (SSSR count). The third-order valence-electron chi connectivity index (χ3n) is 2.41. The number of carboxylic acid groups (broad SMARTS) is 1. The average Bonchev–Trinajstić information content (AvgIpc) is 2.28. The maximum Gasteiger partial charge on any atom is 0.379 e. The van der Waals surface area contributed by atoms with E-state index in [4.69, 9.17) is 5.11 Å². The molecule has 2 aromatic rings. The van der Waals surface area contributed by atoms with Crippen LogP contribution in [-0.4, -0.2) is 16.1 Å². The highest BCUT2D eigenvalue weighted by molar-refractivity contribution is 5.82. The monoisotopic (exact) mass is 257 g/mol. The molecule has 2 N–H and O–H groups in total. The molecular formula is C11H6F3NO3. The smallest absolute Gasteiger partial charge is 0.379 e. The number of fused-ring (bicyclic) bond motifs is 1. The van der Waals surface area contributed by atoms with Gasteiger partial charge in [0.05, 0.1) is 5.56 Å². The second kappa shape index (κ2) is 3.86. The first kappa shape index (κ1) is 12.2. The van der Waals surface area contributed by atoms with Crippen LogP contribution in [-0.2, 0) is 10.7 Å². The number of aromatic nitrogens is 1. The molecular weight excluding hydrogens is 251 g/mol. The fourth-order valence-electron chi connectivity index (χ4n) is 1.53. The zero-order valence-corrected chi connectivity index (χ0v) is 8.71. The van der Waals surface area contributed by atoms with E-state index >= 15 is 0 Å². The molecule has 0 unspecified atom stereocenters. The molecule has 4 nitrogen and oxygen atoms in total. The lowest BCUT2D eigenvalue weighted by molar-refractivity contribution is -0.166. The van der Waals surface area contributed by atoms with Gasteiger partial charge in [0.1, 0.15) is 5.82 Å². The number of carboxylic acids is 1. The van der Waals surface area contributed by atoms with Crippen molar-refractivity contribution >= 4 is 16.9 Å². The van der Waals surface area contributed by atoms with Gasteiger partial charge in [-0.15, -0.1) is 0 Å². The Morgan fingerprint density at radius 2 is 1.94 bits per heavy atom. The second-order valence-corrected chi connectivity index (χ2v) is 3.62. The highest BCUT2D eigenvalue weighted by atomic mass is 19.3. The predicted molar refractivity (Wildman–Crippen MR) is 56.1 cm³/mol. The molecule has 0 bridgehead atoms. The number of alkyl halides is 2. The molecule has 0 aliphatic heterocycles. The number of hydrogen-bond donors (Lipinski definition) is 2. The van der Waals surface area contributed by atoms with Crippen LogP contribution in [0.5, 0.6) is 0 Å². The maximum atomic E-state index is 13.3. The Labute approximate surface area is 97.7 Å². The van der Waals surface area contributed by atoms with E-state index in [-0.39, 0.29) is 10.9 Å². The van der Waals surface area contributed by atoms with Crippen molar-refractivity contribution in [2.45, 2.75) is 5.92 Å². The van der Waals surface area contributed by atoms with Gasteiger partial charge < -0.3 is 10.1 Å². The molecule has 0 amide bonds. The zero-order valence-electron chi connectivity index (χ0n) is 8.71. The molecule has 0 aliphatic carbocycles. The van der Waals surface area contributed by atoms with E-state index in [0.29, 0.717) is 6.07 Å². The Morgan fingerprint density at radius 1 is 1.28 bits per heavy atom. The van der Waals surface area contributed by atoms with Crippen molar-refractivity contribution in [2.24, 2.45) is 0 Å². The minimum atomic E-state index is -4.33. The van der Waals surface area contributed by atoms with Crippen LogP contribution in [0.4, 0.5) is 13.2 Å². The van der Waals surface area contributed by atoms with Crippen molar-refractivity contribution in [1.29, 1.82) is 0 Å². The van der Waals surface area contributed by atoms with E-state index in [1.807, 2.05) is 0 Å². The fraction of sp³-hybridized carbons (Fsp3) is 0.0909. The molecule has 0 aliphatic rings. The highest BCUT2D eigenvalue weighted by Crippen LogP contribution is 2.27. The lowest BCUT2D eigenvalue weighted by atomic mass is 10.1. The van der Waals surface area contributed by atoms with Gasteiger partial charge in [-0.25, -0.2) is 9.18 Å². The number of aromatic amines is 1. The first-order valence-electron chi connectivity index (χ1n) is 4.76. The van der Waals surface area contributed by atoms with Gasteiger partial charge in [0.15, 0.2) is 0 Å². The number of aliphatic carboxylic acids is 1. The van der Waals surface area contributed by atoms with Crippen LogP contribution in [0.25, 0.3) is 10.9 Å². The van der Waals surface area contributed by atoms with Crippen LogP contribution in [0.1, 0.15) is 5.56 Å². The van der Waals surface area contributed by atoms with Crippen molar-refractivity contribution in [3.05, 3.63) is 46.0 Å². The normalized spacial score (nSPS) is 11.7. The van der Waals surface area contributed by atoms with Crippen molar-refractivity contribution in [2.75, 3.05) is 0 Å². The van der Waals surface area contributed by atoms with Crippen LogP contribution in [0.15, 0.2) is 29.1 Å². The summed E-state index contributed by atoms with van der Waals surface area (Å²) in [5.74, 6) is -7.45. The van der Waals surface area contributed by atoms with Crippen molar-refractivity contribution in [3.63, 3.8) is 0 Å². The second-order valence-electron chi connectivity index (χ2n) is 3.62. The summed E-state index contributed by atoms with van der Waals surface area (Å²) in [5, 5.41) is 8.36. The zero-order chi connectivity index (χ0) is 13.5. The van der Waals surface area contributed by atoms with Crippen molar-refractivity contribution < 1.29 is 23.1 Å². The summed E-state index contributed by atoms with van der Waals surface area (Å²) in [6.45, 7) is 0. The van der Waals surface area contributed by atoms with E-state index in [1.165, 1.54) is 6.07 Å². The molecule has 0 radical (unpaired) electrons. The number of hydrogen-bond acceptors (Lipinski definition) is 2. The van der Waals surface area contributed by atoms with Gasteiger partial charge in [-0.2, -0.15) is 8.78 Å². The van der Waals surface area contributed by atoms with Gasteiger partial charge in [-0.3, -0.25) is 4.79 Å². The topological polar surface area (TPSA) is 70.2 Å². The highest BCUT2D eigenvalue weighted by Gasteiger charge is 2.43. The SMILES string of the molecule is O=C(O)C(F)(F)c1cc2cc(F)ccc2[nH]c1=O. The largest absolute Gasteiger partial charge is 0.477 e. The summed E-state index contributed by atoms with van der Waals surface area (Å²) in [6.07, 6.45) is 0. The Hall–Kier alpha value is -2.31. The van der Waals surface area contributed by atoms with Gasteiger partial charge in [0.2, 0.25) is 0 Å². The van der Waals surface area contributed by atoms with Gasteiger partial charge in [-0.05, 0) is 24.3 Å². The van der Waals surface area contributed by atoms with Crippen molar-refractivity contribution in [3.8, 4) is 0 Å². The summed E-state index contributed by atoms with van der Waals surface area (Å²) in [5.41, 5.74) is -2.30. The third-order valence-corrected chi connectivity index (χ3v) is 2.41. The first-order chi connectivity index (χ1) is 8.32. The standard InChI is InChI=1S/C11H6F3NO3/c12-6-1-2-8-5(3-6)4-7(9(16)15-8)11(13,14)10(17)18/h1-4H,(H,15,16)(H,17,18). The Kier molecular flexibility index (Phi) is 2.61. The van der Waals surface area contributed by atoms with Crippen LogP contribution in [0, 0.1) is 5.82 Å². The van der Waals surface area contributed by atoms with Gasteiger partial charge in [-0.1, -0.05) is 0 Å². The fourth-order valence-corrected chi connectivity index (χ4v) is 1.53. The molecule has 1 aromatic carbocycles.